The van der Waals surface area contributed by atoms with Gasteiger partial charge in [0.2, 0.25) is 0 Å². The summed E-state index contributed by atoms with van der Waals surface area (Å²) in [6, 6.07) is 23.3. The van der Waals surface area contributed by atoms with Crippen LogP contribution in [0.1, 0.15) is 29.6 Å². The highest BCUT2D eigenvalue weighted by atomic mass is 14.9. The first-order valence-corrected chi connectivity index (χ1v) is 7.71. The highest BCUT2D eigenvalue weighted by molar-refractivity contribution is 5.24. The number of nitrogens with one attached hydrogen (secondary N) is 2. The Bertz CT molecular complexity index is 596. The van der Waals surface area contributed by atoms with Gasteiger partial charge in [0.25, 0.3) is 0 Å². The molecule has 2 aromatic carbocycles. The third kappa shape index (κ3) is 5.23. The van der Waals surface area contributed by atoms with Crippen molar-refractivity contribution < 1.29 is 0 Å². The zero-order chi connectivity index (χ0) is 16.3. The van der Waals surface area contributed by atoms with E-state index in [0.717, 1.165) is 17.5 Å². The fourth-order valence-electron chi connectivity index (χ4n) is 2.35. The third-order valence-electron chi connectivity index (χ3n) is 3.57. The van der Waals surface area contributed by atoms with Crippen molar-refractivity contribution in [2.45, 2.75) is 18.5 Å². The molecule has 0 spiro atoms. The van der Waals surface area contributed by atoms with Crippen LogP contribution in [0.2, 0.25) is 0 Å². The summed E-state index contributed by atoms with van der Waals surface area (Å²) in [5.41, 5.74) is 1.95. The largest absolute Gasteiger partial charge is 0.298 e. The monoisotopic (exact) mass is 304 g/mol. The molecule has 2 rings (SSSR count). The summed E-state index contributed by atoms with van der Waals surface area (Å²) >= 11 is 0. The Morgan fingerprint density at radius 1 is 0.696 bits per heavy atom. The van der Waals surface area contributed by atoms with Gasteiger partial charge in [0.1, 0.15) is 12.1 Å². The molecule has 4 nitrogen and oxygen atoms in total. The maximum Gasteiger partial charge on any atom is 0.121 e. The van der Waals surface area contributed by atoms with Gasteiger partial charge < -0.3 is 0 Å². The highest BCUT2D eigenvalue weighted by Crippen LogP contribution is 2.12. The summed E-state index contributed by atoms with van der Waals surface area (Å²) in [5.74, 6) is 0. The molecule has 0 saturated heterocycles. The zero-order valence-electron chi connectivity index (χ0n) is 12.9. The van der Waals surface area contributed by atoms with E-state index in [1.165, 1.54) is 0 Å². The van der Waals surface area contributed by atoms with Gasteiger partial charge in [-0.15, -0.1) is 0 Å². The molecule has 0 bridgehead atoms. The van der Waals surface area contributed by atoms with Crippen molar-refractivity contribution in [3.8, 4) is 12.1 Å². The minimum atomic E-state index is -0.294. The minimum absolute atomic E-state index is 0.294. The Hall–Kier alpha value is -2.66. The van der Waals surface area contributed by atoms with Crippen LogP contribution in [0.25, 0.3) is 0 Å². The molecule has 0 unspecified atom stereocenters. The summed E-state index contributed by atoms with van der Waals surface area (Å²) in [6.07, 6.45) is 0.843. The van der Waals surface area contributed by atoms with E-state index in [-0.39, 0.29) is 12.1 Å². The average Bonchev–Trinajstić information content (AvgIpc) is 2.63. The van der Waals surface area contributed by atoms with E-state index in [1.807, 2.05) is 60.7 Å². The molecule has 0 aromatic heterocycles. The van der Waals surface area contributed by atoms with Crippen LogP contribution in [0.15, 0.2) is 60.7 Å². The molecule has 0 heterocycles. The second-order valence-electron chi connectivity index (χ2n) is 5.21. The number of nitriles is 2. The molecule has 0 fully saturated rings. The van der Waals surface area contributed by atoms with Crippen molar-refractivity contribution in [1.82, 2.24) is 10.6 Å². The van der Waals surface area contributed by atoms with Crippen molar-refractivity contribution in [2.24, 2.45) is 0 Å². The number of benzene rings is 2. The third-order valence-corrected chi connectivity index (χ3v) is 3.57. The van der Waals surface area contributed by atoms with Gasteiger partial charge in [-0.3, -0.25) is 10.6 Å². The van der Waals surface area contributed by atoms with E-state index in [4.69, 9.17) is 0 Å². The number of rotatable bonds is 8. The molecule has 0 radical (unpaired) electrons. The highest BCUT2D eigenvalue weighted by Gasteiger charge is 2.10. The average molecular weight is 304 g/mol. The molecule has 0 aliphatic heterocycles. The fraction of sp³-hybridized carbons (Fsp3) is 0.263. The lowest BCUT2D eigenvalue weighted by Gasteiger charge is -2.14. The Morgan fingerprint density at radius 3 is 1.43 bits per heavy atom. The topological polar surface area (TPSA) is 71.6 Å². The maximum atomic E-state index is 9.24. The molecule has 116 valence electrons. The van der Waals surface area contributed by atoms with E-state index in [1.54, 1.807) is 0 Å². The maximum absolute atomic E-state index is 9.24. The molecule has 0 aliphatic carbocycles. The lowest BCUT2D eigenvalue weighted by Crippen LogP contribution is -2.26. The van der Waals surface area contributed by atoms with Gasteiger partial charge in [-0.2, -0.15) is 10.5 Å². The van der Waals surface area contributed by atoms with E-state index in [0.29, 0.717) is 13.1 Å². The van der Waals surface area contributed by atoms with Crippen molar-refractivity contribution >= 4 is 0 Å². The van der Waals surface area contributed by atoms with Crippen LogP contribution in [0.4, 0.5) is 0 Å². The fourth-order valence-corrected chi connectivity index (χ4v) is 2.35. The van der Waals surface area contributed by atoms with Gasteiger partial charge in [-0.25, -0.2) is 0 Å². The predicted molar refractivity (Wildman–Crippen MR) is 90.2 cm³/mol. The lowest BCUT2D eigenvalue weighted by molar-refractivity contribution is 0.551. The molecule has 2 atom stereocenters. The van der Waals surface area contributed by atoms with Crippen LogP contribution < -0.4 is 10.6 Å². The number of hydrogen-bond acceptors (Lipinski definition) is 4. The van der Waals surface area contributed by atoms with E-state index in [9.17, 15) is 10.5 Å². The van der Waals surface area contributed by atoms with Crippen LogP contribution >= 0.6 is 0 Å². The van der Waals surface area contributed by atoms with Crippen molar-refractivity contribution in [2.75, 3.05) is 13.1 Å². The summed E-state index contributed by atoms with van der Waals surface area (Å²) < 4.78 is 0. The van der Waals surface area contributed by atoms with Gasteiger partial charge >= 0.3 is 0 Å². The molecule has 2 aromatic rings. The van der Waals surface area contributed by atoms with Crippen molar-refractivity contribution in [1.29, 1.82) is 10.5 Å². The van der Waals surface area contributed by atoms with E-state index < -0.39 is 0 Å². The predicted octanol–water partition coefficient (Wildman–Crippen LogP) is 3.09. The minimum Gasteiger partial charge on any atom is -0.298 e. The van der Waals surface area contributed by atoms with Gasteiger partial charge in [-0.05, 0) is 30.6 Å². The smallest absolute Gasteiger partial charge is 0.121 e. The normalized spacial score (nSPS) is 12.8. The summed E-state index contributed by atoms with van der Waals surface area (Å²) in [5, 5.41) is 24.9. The van der Waals surface area contributed by atoms with Gasteiger partial charge in [0, 0.05) is 0 Å². The first-order chi connectivity index (χ1) is 11.3. The Labute approximate surface area is 137 Å². The van der Waals surface area contributed by atoms with Gasteiger partial charge in [-0.1, -0.05) is 60.7 Å². The quantitative estimate of drug-likeness (QED) is 0.735. The first kappa shape index (κ1) is 16.7. The summed E-state index contributed by atoms with van der Waals surface area (Å²) in [6.45, 7) is 1.43. The lowest BCUT2D eigenvalue weighted by atomic mass is 10.1. The molecule has 23 heavy (non-hydrogen) atoms. The number of hydrogen-bond donors (Lipinski definition) is 2. The first-order valence-electron chi connectivity index (χ1n) is 7.71. The standard InChI is InChI=1S/C19H20N4/c20-14-18(16-8-3-1-4-9-16)22-12-7-13-23-19(15-21)17-10-5-2-6-11-17/h1-6,8-11,18-19,22-23H,7,12-13H2/t18-,19+. The van der Waals surface area contributed by atoms with Crippen LogP contribution in [-0.2, 0) is 0 Å². The second kappa shape index (κ2) is 9.38. The Kier molecular flexibility index (Phi) is 6.81. The van der Waals surface area contributed by atoms with Crippen molar-refractivity contribution in [3.63, 3.8) is 0 Å². The van der Waals surface area contributed by atoms with Crippen LogP contribution in [0, 0.1) is 22.7 Å². The molecule has 4 heteroatoms. The SMILES string of the molecule is N#C[C@H](NCCCN[C@H](C#N)c1ccccc1)c1ccccc1. The Balaban J connectivity index is 1.73. The van der Waals surface area contributed by atoms with E-state index in [2.05, 4.69) is 22.8 Å². The molecule has 0 aliphatic rings. The Morgan fingerprint density at radius 2 is 1.09 bits per heavy atom. The van der Waals surface area contributed by atoms with Crippen LogP contribution in [0.5, 0.6) is 0 Å². The van der Waals surface area contributed by atoms with Crippen molar-refractivity contribution in [3.05, 3.63) is 71.8 Å². The van der Waals surface area contributed by atoms with Crippen LogP contribution in [-0.4, -0.2) is 13.1 Å². The summed E-state index contributed by atoms with van der Waals surface area (Å²) in [7, 11) is 0. The van der Waals surface area contributed by atoms with Gasteiger partial charge in [0.15, 0.2) is 0 Å². The molecule has 0 amide bonds. The van der Waals surface area contributed by atoms with E-state index >= 15 is 0 Å². The zero-order valence-corrected chi connectivity index (χ0v) is 12.9. The number of nitrogens with zero attached hydrogens (tertiary/aromatic N) is 2. The van der Waals surface area contributed by atoms with Gasteiger partial charge in [0.05, 0.1) is 12.1 Å². The second-order valence-corrected chi connectivity index (χ2v) is 5.21. The summed E-state index contributed by atoms with van der Waals surface area (Å²) in [4.78, 5) is 0. The van der Waals surface area contributed by atoms with Crippen LogP contribution in [0.3, 0.4) is 0 Å². The molecular weight excluding hydrogens is 284 g/mol. The molecule has 0 saturated carbocycles. The molecule has 2 N–H and O–H groups in total. The molecular formula is C19H20N4.